The van der Waals surface area contributed by atoms with Crippen LogP contribution in [-0.2, 0) is 0 Å². The molecule has 0 saturated carbocycles. The van der Waals surface area contributed by atoms with Crippen molar-refractivity contribution in [2.24, 2.45) is 0 Å². The minimum absolute atomic E-state index is 0.873. The Labute approximate surface area is 134 Å². The number of hydrogen-bond donors (Lipinski definition) is 0. The quantitative estimate of drug-likeness (QED) is 0.591. The van der Waals surface area contributed by atoms with Crippen LogP contribution in [0.3, 0.4) is 0 Å². The Morgan fingerprint density at radius 1 is 0.500 bits per heavy atom. The van der Waals surface area contributed by atoms with Crippen LogP contribution in [0.25, 0.3) is 22.5 Å². The van der Waals surface area contributed by atoms with Crippen molar-refractivity contribution in [2.75, 3.05) is 0 Å². The van der Waals surface area contributed by atoms with Gasteiger partial charge in [0.2, 0.25) is 0 Å². The first-order valence-corrected chi connectivity index (χ1v) is 7.66. The molecular formula is C16H10Br2N2. The largest absolute Gasteiger partial charge is 0.150 e. The number of benzene rings is 2. The highest BCUT2D eigenvalue weighted by Crippen LogP contribution is 2.23. The van der Waals surface area contributed by atoms with Crippen LogP contribution in [-0.4, -0.2) is 10.2 Å². The molecule has 0 spiro atoms. The first-order valence-electron chi connectivity index (χ1n) is 6.08. The predicted molar refractivity (Wildman–Crippen MR) is 88.3 cm³/mol. The van der Waals surface area contributed by atoms with Crippen LogP contribution in [0.4, 0.5) is 0 Å². The van der Waals surface area contributed by atoms with Gasteiger partial charge in [-0.25, -0.2) is 0 Å². The molecule has 2 aromatic carbocycles. The van der Waals surface area contributed by atoms with Crippen molar-refractivity contribution in [1.82, 2.24) is 10.2 Å². The van der Waals surface area contributed by atoms with Crippen LogP contribution in [0.2, 0.25) is 0 Å². The molecule has 0 aliphatic heterocycles. The highest BCUT2D eigenvalue weighted by molar-refractivity contribution is 9.10. The molecule has 98 valence electrons. The molecule has 1 heterocycles. The summed E-state index contributed by atoms with van der Waals surface area (Å²) < 4.78 is 2.11. The van der Waals surface area contributed by atoms with E-state index in [9.17, 15) is 0 Å². The van der Waals surface area contributed by atoms with E-state index in [1.165, 1.54) is 0 Å². The van der Waals surface area contributed by atoms with Crippen LogP contribution in [0.5, 0.6) is 0 Å². The average Bonchev–Trinajstić information content (AvgIpc) is 2.49. The molecule has 0 radical (unpaired) electrons. The maximum atomic E-state index is 4.30. The van der Waals surface area contributed by atoms with Crippen molar-refractivity contribution >= 4 is 31.9 Å². The molecule has 1 aromatic heterocycles. The fraction of sp³-hybridized carbons (Fsp3) is 0. The summed E-state index contributed by atoms with van der Waals surface area (Å²) in [6.45, 7) is 0. The Hall–Kier alpha value is -1.52. The Balaban J connectivity index is 1.91. The smallest absolute Gasteiger partial charge is 0.0930 e. The monoisotopic (exact) mass is 388 g/mol. The summed E-state index contributed by atoms with van der Waals surface area (Å²) in [5, 5.41) is 8.60. The van der Waals surface area contributed by atoms with Gasteiger partial charge in [-0.1, -0.05) is 56.1 Å². The average molecular weight is 390 g/mol. The number of aromatic nitrogens is 2. The van der Waals surface area contributed by atoms with Gasteiger partial charge in [-0.05, 0) is 36.4 Å². The van der Waals surface area contributed by atoms with E-state index in [1.807, 2.05) is 60.7 Å². The van der Waals surface area contributed by atoms with Crippen molar-refractivity contribution in [3.05, 3.63) is 69.6 Å². The number of nitrogens with zero attached hydrogens (tertiary/aromatic N) is 2. The van der Waals surface area contributed by atoms with E-state index in [0.29, 0.717) is 0 Å². The lowest BCUT2D eigenvalue weighted by molar-refractivity contribution is 1.04. The Morgan fingerprint density at radius 3 is 1.15 bits per heavy atom. The van der Waals surface area contributed by atoms with Gasteiger partial charge in [0.15, 0.2) is 0 Å². The third kappa shape index (κ3) is 2.97. The second-order valence-electron chi connectivity index (χ2n) is 4.32. The summed E-state index contributed by atoms with van der Waals surface area (Å²) in [5.41, 5.74) is 3.86. The molecule has 3 rings (SSSR count). The first kappa shape index (κ1) is 13.5. The Kier molecular flexibility index (Phi) is 3.94. The standard InChI is InChI=1S/C16H10Br2N2/c17-13-5-1-11(2-6-13)15-9-10-16(20-19-15)12-3-7-14(18)8-4-12/h1-10H. The number of hydrogen-bond acceptors (Lipinski definition) is 2. The molecule has 0 aliphatic carbocycles. The van der Waals surface area contributed by atoms with Gasteiger partial charge in [0.1, 0.15) is 0 Å². The van der Waals surface area contributed by atoms with E-state index in [1.54, 1.807) is 0 Å². The van der Waals surface area contributed by atoms with Crippen molar-refractivity contribution in [3.63, 3.8) is 0 Å². The summed E-state index contributed by atoms with van der Waals surface area (Å²) in [6.07, 6.45) is 0. The number of rotatable bonds is 2. The van der Waals surface area contributed by atoms with Gasteiger partial charge in [0.05, 0.1) is 11.4 Å². The molecule has 0 N–H and O–H groups in total. The zero-order chi connectivity index (χ0) is 13.9. The first-order chi connectivity index (χ1) is 9.72. The molecule has 4 heteroatoms. The van der Waals surface area contributed by atoms with Crippen LogP contribution >= 0.6 is 31.9 Å². The third-order valence-corrected chi connectivity index (χ3v) is 4.00. The summed E-state index contributed by atoms with van der Waals surface area (Å²) in [5.74, 6) is 0. The lowest BCUT2D eigenvalue weighted by Crippen LogP contribution is -1.90. The molecule has 0 saturated heterocycles. The molecule has 0 aliphatic rings. The zero-order valence-corrected chi connectivity index (χ0v) is 13.6. The molecule has 0 atom stereocenters. The molecule has 0 fully saturated rings. The van der Waals surface area contributed by atoms with Crippen molar-refractivity contribution in [1.29, 1.82) is 0 Å². The molecule has 2 nitrogen and oxygen atoms in total. The SMILES string of the molecule is Brc1ccc(-c2ccc(-c3ccc(Br)cc3)nn2)cc1. The molecule has 0 amide bonds. The summed E-state index contributed by atoms with van der Waals surface area (Å²) in [4.78, 5) is 0. The van der Waals surface area contributed by atoms with E-state index in [-0.39, 0.29) is 0 Å². The van der Waals surface area contributed by atoms with E-state index in [2.05, 4.69) is 42.1 Å². The second-order valence-corrected chi connectivity index (χ2v) is 6.15. The number of halogens is 2. The molecule has 0 unspecified atom stereocenters. The van der Waals surface area contributed by atoms with E-state index in [0.717, 1.165) is 31.5 Å². The van der Waals surface area contributed by atoms with Crippen LogP contribution in [0.1, 0.15) is 0 Å². The van der Waals surface area contributed by atoms with Crippen LogP contribution < -0.4 is 0 Å². The van der Waals surface area contributed by atoms with Crippen LogP contribution in [0, 0.1) is 0 Å². The van der Waals surface area contributed by atoms with E-state index in [4.69, 9.17) is 0 Å². The van der Waals surface area contributed by atoms with E-state index < -0.39 is 0 Å². The van der Waals surface area contributed by atoms with Gasteiger partial charge in [0.25, 0.3) is 0 Å². The normalized spacial score (nSPS) is 10.5. The van der Waals surface area contributed by atoms with Gasteiger partial charge in [-0.15, -0.1) is 10.2 Å². The Morgan fingerprint density at radius 2 is 0.850 bits per heavy atom. The molecule has 3 aromatic rings. The minimum Gasteiger partial charge on any atom is -0.150 e. The summed E-state index contributed by atoms with van der Waals surface area (Å²) in [7, 11) is 0. The van der Waals surface area contributed by atoms with Gasteiger partial charge >= 0.3 is 0 Å². The minimum atomic E-state index is 0.873. The van der Waals surface area contributed by atoms with Gasteiger partial charge in [-0.2, -0.15) is 0 Å². The fourth-order valence-corrected chi connectivity index (χ4v) is 2.41. The predicted octanol–water partition coefficient (Wildman–Crippen LogP) is 5.34. The third-order valence-electron chi connectivity index (χ3n) is 2.94. The van der Waals surface area contributed by atoms with Crippen molar-refractivity contribution < 1.29 is 0 Å². The molecule has 0 bridgehead atoms. The van der Waals surface area contributed by atoms with Crippen molar-refractivity contribution in [2.45, 2.75) is 0 Å². The topological polar surface area (TPSA) is 25.8 Å². The second kappa shape index (κ2) is 5.85. The fourth-order valence-electron chi connectivity index (χ4n) is 1.88. The summed E-state index contributed by atoms with van der Waals surface area (Å²) >= 11 is 6.85. The summed E-state index contributed by atoms with van der Waals surface area (Å²) in [6, 6.07) is 20.1. The highest BCUT2D eigenvalue weighted by atomic mass is 79.9. The zero-order valence-electron chi connectivity index (χ0n) is 10.4. The lowest BCUT2D eigenvalue weighted by atomic mass is 10.1. The van der Waals surface area contributed by atoms with Crippen LogP contribution in [0.15, 0.2) is 69.6 Å². The van der Waals surface area contributed by atoms with Gasteiger partial charge in [-0.3, -0.25) is 0 Å². The maximum absolute atomic E-state index is 4.30. The molecular weight excluding hydrogens is 380 g/mol. The van der Waals surface area contributed by atoms with Crippen molar-refractivity contribution in [3.8, 4) is 22.5 Å². The maximum Gasteiger partial charge on any atom is 0.0930 e. The van der Waals surface area contributed by atoms with Gasteiger partial charge < -0.3 is 0 Å². The lowest BCUT2D eigenvalue weighted by Gasteiger charge is -2.03. The Bertz CT molecular complexity index is 640. The molecule has 20 heavy (non-hydrogen) atoms. The van der Waals surface area contributed by atoms with E-state index >= 15 is 0 Å². The highest BCUT2D eigenvalue weighted by Gasteiger charge is 2.03. The van der Waals surface area contributed by atoms with Gasteiger partial charge in [0, 0.05) is 20.1 Å².